The fraction of sp³-hybridized carbons (Fsp3) is 0. The molecule has 0 unspecified atom stereocenters. The van der Waals surface area contributed by atoms with Crippen LogP contribution >= 0.6 is 0 Å². The topological polar surface area (TPSA) is 0 Å². The van der Waals surface area contributed by atoms with Gasteiger partial charge in [-0.15, -0.1) is 0 Å². The van der Waals surface area contributed by atoms with Crippen molar-refractivity contribution in [2.24, 2.45) is 0 Å². The Hall–Kier alpha value is 2.30. The van der Waals surface area contributed by atoms with Gasteiger partial charge in [0.1, 0.15) is 0 Å². The third-order valence-electron chi connectivity index (χ3n) is 0. The normalized spacial score (nSPS) is 0. The summed E-state index contributed by atoms with van der Waals surface area (Å²) in [6, 6.07) is 0. The van der Waals surface area contributed by atoms with Gasteiger partial charge in [0.15, 0.2) is 0 Å². The summed E-state index contributed by atoms with van der Waals surface area (Å²) < 4.78 is 0. The van der Waals surface area contributed by atoms with Gasteiger partial charge in [-0.2, -0.15) is 0 Å². The van der Waals surface area contributed by atoms with E-state index in [-0.39, 0.29) is 73.6 Å². The quantitative estimate of drug-likeness (QED) is 0.493. The summed E-state index contributed by atoms with van der Waals surface area (Å²) in [7, 11) is 0. The Morgan fingerprint density at radius 1 is 0.500 bits per heavy atom. The fourth-order valence-electron chi connectivity index (χ4n) is 0. The SMILES string of the molecule is [Nb].[Se-2].[Se-2].[Se-2]. The van der Waals surface area contributed by atoms with Gasteiger partial charge in [0.25, 0.3) is 0 Å². The van der Waals surface area contributed by atoms with Crippen molar-refractivity contribution in [2.75, 3.05) is 0 Å². The van der Waals surface area contributed by atoms with Gasteiger partial charge in [0, 0.05) is 22.4 Å². The van der Waals surface area contributed by atoms with Gasteiger partial charge < -0.3 is 51.2 Å². The molecule has 0 rings (SSSR count). The van der Waals surface area contributed by atoms with Crippen molar-refractivity contribution >= 4 is 51.2 Å². The molecular weight excluding hydrogens is 330 g/mol. The molecule has 0 aliphatic heterocycles. The molecule has 0 fully saturated rings. The van der Waals surface area contributed by atoms with Gasteiger partial charge in [0.2, 0.25) is 0 Å². The smallest absolute Gasteiger partial charge is 0 e. The standard InChI is InChI=1S/Nb.3Se/q;3*-2. The zero-order chi connectivity index (χ0) is 0. The second kappa shape index (κ2) is 18.5. The molecule has 0 bridgehead atoms. The van der Waals surface area contributed by atoms with Gasteiger partial charge in [-0.05, 0) is 0 Å². The van der Waals surface area contributed by atoms with Crippen molar-refractivity contribution < 1.29 is 22.4 Å². The Morgan fingerprint density at radius 3 is 0.500 bits per heavy atom. The average Bonchev–Trinajstić information content (AvgIpc) is 0. The van der Waals surface area contributed by atoms with Gasteiger partial charge in [0.05, 0.1) is 0 Å². The van der Waals surface area contributed by atoms with Crippen molar-refractivity contribution in [3.05, 3.63) is 0 Å². The Bertz CT molecular complexity index is 3.25. The first-order valence-electron chi connectivity index (χ1n) is 0. The maximum absolute atomic E-state index is 0. The van der Waals surface area contributed by atoms with E-state index in [0.29, 0.717) is 0 Å². The third-order valence-corrected chi connectivity index (χ3v) is 0. The summed E-state index contributed by atoms with van der Waals surface area (Å²) in [5.74, 6) is 0. The van der Waals surface area contributed by atoms with Gasteiger partial charge in [-0.1, -0.05) is 0 Å². The van der Waals surface area contributed by atoms with Gasteiger partial charge in [-0.25, -0.2) is 0 Å². The second-order valence-corrected chi connectivity index (χ2v) is 0. The van der Waals surface area contributed by atoms with E-state index in [0.717, 1.165) is 0 Å². The fourth-order valence-corrected chi connectivity index (χ4v) is 0. The largest absolute Gasteiger partial charge is 2.00 e. The van der Waals surface area contributed by atoms with E-state index >= 15 is 0 Å². The molecule has 0 aliphatic rings. The van der Waals surface area contributed by atoms with Crippen LogP contribution in [0.4, 0.5) is 0 Å². The van der Waals surface area contributed by atoms with Gasteiger partial charge in [-0.3, -0.25) is 0 Å². The van der Waals surface area contributed by atoms with Crippen LogP contribution in [0.15, 0.2) is 0 Å². The second-order valence-electron chi connectivity index (χ2n) is 0. The maximum Gasteiger partial charge on any atom is 0 e. The van der Waals surface area contributed by atoms with Crippen LogP contribution in [0.25, 0.3) is 0 Å². The molecule has 4 heavy (non-hydrogen) atoms. The van der Waals surface area contributed by atoms with Crippen molar-refractivity contribution in [1.82, 2.24) is 0 Å². The molecule has 1 radical (unpaired) electrons. The summed E-state index contributed by atoms with van der Waals surface area (Å²) >= 11 is 0. The molecule has 0 N–H and O–H groups in total. The van der Waals surface area contributed by atoms with Crippen LogP contribution in [-0.4, -0.2) is 51.2 Å². The third kappa shape index (κ3) is 8.85. The number of hydrogen-bond donors (Lipinski definition) is 0. The van der Waals surface area contributed by atoms with Crippen molar-refractivity contribution in [1.29, 1.82) is 0 Å². The molecule has 0 saturated heterocycles. The minimum Gasteiger partial charge on any atom is -2.00 e. The average molecular weight is 330 g/mol. The first-order valence-corrected chi connectivity index (χ1v) is 0. The van der Waals surface area contributed by atoms with Crippen molar-refractivity contribution in [2.45, 2.75) is 0 Å². The Balaban J connectivity index is 0. The predicted octanol–water partition coefficient (Wildman–Crippen LogP) is -1.14. The Kier molecular flexibility index (Phi) is 155. The van der Waals surface area contributed by atoms with Crippen LogP contribution in [0.1, 0.15) is 0 Å². The molecule has 0 atom stereocenters. The Morgan fingerprint density at radius 2 is 0.500 bits per heavy atom. The molecule has 0 nitrogen and oxygen atoms in total. The van der Waals surface area contributed by atoms with Crippen LogP contribution in [0, 0.1) is 0 Å². The molecule has 0 spiro atoms. The predicted molar refractivity (Wildman–Crippen MR) is 17.3 cm³/mol. The minimum absolute atomic E-state index is 0. The molecular formula is NbSe3-6. The molecule has 0 aromatic heterocycles. The maximum atomic E-state index is 0. The van der Waals surface area contributed by atoms with Crippen molar-refractivity contribution in [3.8, 4) is 0 Å². The van der Waals surface area contributed by atoms with Crippen LogP contribution < -0.4 is 0 Å². The molecule has 4 heteroatoms. The molecule has 0 aromatic carbocycles. The molecule has 29 valence electrons. The molecule has 0 saturated carbocycles. The molecule has 0 aromatic rings. The van der Waals surface area contributed by atoms with Crippen LogP contribution in [0.3, 0.4) is 0 Å². The minimum atomic E-state index is 0. The first-order chi connectivity index (χ1) is 0. The summed E-state index contributed by atoms with van der Waals surface area (Å²) in [6.07, 6.45) is 0. The molecule has 0 aliphatic carbocycles. The zero-order valence-corrected chi connectivity index (χ0v) is 9.01. The first kappa shape index (κ1) is 33.5. The van der Waals surface area contributed by atoms with Crippen LogP contribution in [-0.2, 0) is 22.4 Å². The van der Waals surface area contributed by atoms with E-state index in [4.69, 9.17) is 0 Å². The monoisotopic (exact) mass is 333 g/mol. The summed E-state index contributed by atoms with van der Waals surface area (Å²) in [5, 5.41) is 0. The van der Waals surface area contributed by atoms with E-state index in [1.807, 2.05) is 0 Å². The van der Waals surface area contributed by atoms with E-state index in [1.54, 1.807) is 0 Å². The number of rotatable bonds is 0. The van der Waals surface area contributed by atoms with Crippen LogP contribution in [0.5, 0.6) is 0 Å². The summed E-state index contributed by atoms with van der Waals surface area (Å²) in [6.45, 7) is 0. The van der Waals surface area contributed by atoms with Gasteiger partial charge >= 0.3 is 0 Å². The van der Waals surface area contributed by atoms with E-state index in [2.05, 4.69) is 0 Å². The van der Waals surface area contributed by atoms with E-state index in [1.165, 1.54) is 0 Å². The van der Waals surface area contributed by atoms with Crippen molar-refractivity contribution in [3.63, 3.8) is 0 Å². The summed E-state index contributed by atoms with van der Waals surface area (Å²) in [5.41, 5.74) is 0. The molecule has 0 heterocycles. The molecule has 0 amide bonds. The summed E-state index contributed by atoms with van der Waals surface area (Å²) in [4.78, 5) is 0. The van der Waals surface area contributed by atoms with E-state index in [9.17, 15) is 0 Å². The van der Waals surface area contributed by atoms with E-state index < -0.39 is 0 Å². The Labute approximate surface area is 72.8 Å². The van der Waals surface area contributed by atoms with Crippen LogP contribution in [0.2, 0.25) is 0 Å². The zero-order valence-electron chi connectivity index (χ0n) is 1.67. The number of hydrogen-bond acceptors (Lipinski definition) is 0.